The first-order valence-corrected chi connectivity index (χ1v) is 6.05. The zero-order chi connectivity index (χ0) is 16.7. The first-order chi connectivity index (χ1) is 10.2. The molecule has 0 bridgehead atoms. The van der Waals surface area contributed by atoms with Crippen molar-refractivity contribution in [3.8, 4) is 6.07 Å². The molecule has 0 unspecified atom stereocenters. The van der Waals surface area contributed by atoms with E-state index in [-0.39, 0.29) is 16.8 Å². The number of benzene rings is 1. The standard InChI is InChI=1S/C15H9F3N2O2/c1-3-11-8(2)13(21)20(14(11)22)10-5-4-9(7-19)12(6-10)15(16,17)18/h3-6H,1H2,2H3. The van der Waals surface area contributed by atoms with Crippen molar-refractivity contribution in [3.05, 3.63) is 53.1 Å². The van der Waals surface area contributed by atoms with E-state index in [2.05, 4.69) is 6.58 Å². The summed E-state index contributed by atoms with van der Waals surface area (Å²) in [6.45, 7) is 4.80. The number of anilines is 1. The van der Waals surface area contributed by atoms with E-state index in [1.807, 2.05) is 0 Å². The van der Waals surface area contributed by atoms with E-state index in [9.17, 15) is 22.8 Å². The van der Waals surface area contributed by atoms with Crippen LogP contribution in [0.1, 0.15) is 18.1 Å². The lowest BCUT2D eigenvalue weighted by Crippen LogP contribution is -2.31. The number of rotatable bonds is 2. The van der Waals surface area contributed by atoms with E-state index in [0.717, 1.165) is 12.1 Å². The zero-order valence-corrected chi connectivity index (χ0v) is 11.4. The lowest BCUT2D eigenvalue weighted by molar-refractivity contribution is -0.138. The topological polar surface area (TPSA) is 61.2 Å². The summed E-state index contributed by atoms with van der Waals surface area (Å²) in [5, 5.41) is 8.75. The number of nitriles is 1. The van der Waals surface area contributed by atoms with Crippen molar-refractivity contribution in [1.82, 2.24) is 0 Å². The van der Waals surface area contributed by atoms with Crippen LogP contribution in [0.4, 0.5) is 18.9 Å². The molecule has 2 rings (SSSR count). The molecule has 0 saturated carbocycles. The van der Waals surface area contributed by atoms with Gasteiger partial charge in [-0.15, -0.1) is 0 Å². The number of imide groups is 1. The van der Waals surface area contributed by atoms with Gasteiger partial charge in [0.05, 0.1) is 22.9 Å². The number of hydrogen-bond donors (Lipinski definition) is 0. The van der Waals surface area contributed by atoms with Crippen LogP contribution in [0.5, 0.6) is 0 Å². The molecule has 2 amide bonds. The molecule has 0 spiro atoms. The minimum atomic E-state index is -4.77. The van der Waals surface area contributed by atoms with Crippen molar-refractivity contribution in [2.45, 2.75) is 13.1 Å². The van der Waals surface area contributed by atoms with Gasteiger partial charge in [0.25, 0.3) is 11.8 Å². The van der Waals surface area contributed by atoms with Gasteiger partial charge in [-0.25, -0.2) is 4.90 Å². The highest BCUT2D eigenvalue weighted by atomic mass is 19.4. The SMILES string of the molecule is C=CC1=C(C)C(=O)N(c2ccc(C#N)c(C(F)(F)F)c2)C1=O. The lowest BCUT2D eigenvalue weighted by Gasteiger charge is -2.17. The van der Waals surface area contributed by atoms with Crippen LogP contribution < -0.4 is 4.90 Å². The normalized spacial score (nSPS) is 15.3. The average molecular weight is 306 g/mol. The van der Waals surface area contributed by atoms with Gasteiger partial charge in [-0.1, -0.05) is 12.7 Å². The smallest absolute Gasteiger partial charge is 0.269 e. The summed E-state index contributed by atoms with van der Waals surface area (Å²) >= 11 is 0. The maximum atomic E-state index is 13.0. The molecule has 0 aromatic heterocycles. The molecule has 112 valence electrons. The van der Waals surface area contributed by atoms with Gasteiger partial charge in [-0.2, -0.15) is 18.4 Å². The molecule has 22 heavy (non-hydrogen) atoms. The van der Waals surface area contributed by atoms with Crippen LogP contribution in [-0.2, 0) is 15.8 Å². The van der Waals surface area contributed by atoms with Crippen LogP contribution in [0.15, 0.2) is 42.0 Å². The van der Waals surface area contributed by atoms with Crippen molar-refractivity contribution < 1.29 is 22.8 Å². The molecule has 0 radical (unpaired) electrons. The van der Waals surface area contributed by atoms with Crippen LogP contribution in [0.25, 0.3) is 0 Å². The summed E-state index contributed by atoms with van der Waals surface area (Å²) in [4.78, 5) is 24.8. The van der Waals surface area contributed by atoms with E-state index in [1.165, 1.54) is 19.1 Å². The van der Waals surface area contributed by atoms with Crippen LogP contribution >= 0.6 is 0 Å². The largest absolute Gasteiger partial charge is 0.417 e. The Kier molecular flexibility index (Phi) is 3.63. The van der Waals surface area contributed by atoms with Crippen LogP contribution in [-0.4, -0.2) is 11.8 Å². The number of carbonyl (C=O) groups is 2. The molecule has 0 fully saturated rings. The van der Waals surface area contributed by atoms with Gasteiger partial charge < -0.3 is 0 Å². The summed E-state index contributed by atoms with van der Waals surface area (Å²) < 4.78 is 38.9. The molecule has 0 atom stereocenters. The quantitative estimate of drug-likeness (QED) is 0.789. The number of halogens is 3. The zero-order valence-electron chi connectivity index (χ0n) is 11.4. The maximum absolute atomic E-state index is 13.0. The first kappa shape index (κ1) is 15.5. The Labute approximate surface area is 123 Å². The monoisotopic (exact) mass is 306 g/mol. The summed E-state index contributed by atoms with van der Waals surface area (Å²) in [5.74, 6) is -1.45. The molecule has 1 aliphatic rings. The first-order valence-electron chi connectivity index (χ1n) is 6.05. The number of hydrogen-bond acceptors (Lipinski definition) is 3. The Hall–Kier alpha value is -2.88. The van der Waals surface area contributed by atoms with Gasteiger partial charge in [-0.05, 0) is 25.1 Å². The second-order valence-electron chi connectivity index (χ2n) is 4.53. The average Bonchev–Trinajstić information content (AvgIpc) is 2.67. The maximum Gasteiger partial charge on any atom is 0.417 e. The number of amides is 2. The Bertz CT molecular complexity index is 770. The minimum Gasteiger partial charge on any atom is -0.269 e. The molecule has 0 saturated heterocycles. The van der Waals surface area contributed by atoms with Crippen molar-refractivity contribution in [2.24, 2.45) is 0 Å². The molecule has 4 nitrogen and oxygen atoms in total. The van der Waals surface area contributed by atoms with Crippen molar-refractivity contribution in [1.29, 1.82) is 5.26 Å². The van der Waals surface area contributed by atoms with Crippen LogP contribution in [0, 0.1) is 11.3 Å². The van der Waals surface area contributed by atoms with Crippen LogP contribution in [0.3, 0.4) is 0 Å². The number of alkyl halides is 3. The molecule has 7 heteroatoms. The summed E-state index contributed by atoms with van der Waals surface area (Å²) in [6.07, 6.45) is -3.58. The molecule has 1 heterocycles. The van der Waals surface area contributed by atoms with E-state index < -0.39 is 29.1 Å². The Morgan fingerprint density at radius 3 is 2.36 bits per heavy atom. The van der Waals surface area contributed by atoms with E-state index in [4.69, 9.17) is 5.26 Å². The van der Waals surface area contributed by atoms with Crippen LogP contribution in [0.2, 0.25) is 0 Å². The predicted molar refractivity (Wildman–Crippen MR) is 71.5 cm³/mol. The molecule has 1 aromatic carbocycles. The highest BCUT2D eigenvalue weighted by Crippen LogP contribution is 2.36. The molecule has 0 aliphatic carbocycles. The van der Waals surface area contributed by atoms with Crippen molar-refractivity contribution >= 4 is 17.5 Å². The van der Waals surface area contributed by atoms with Crippen molar-refractivity contribution in [3.63, 3.8) is 0 Å². The second-order valence-corrected chi connectivity index (χ2v) is 4.53. The Balaban J connectivity index is 2.57. The fraction of sp³-hybridized carbons (Fsp3) is 0.133. The predicted octanol–water partition coefficient (Wildman–Crippen LogP) is 2.95. The minimum absolute atomic E-state index is 0.0444. The Morgan fingerprint density at radius 2 is 1.91 bits per heavy atom. The number of nitrogens with zero attached hydrogens (tertiary/aromatic N) is 2. The third-order valence-corrected chi connectivity index (χ3v) is 3.25. The van der Waals surface area contributed by atoms with Crippen molar-refractivity contribution in [2.75, 3.05) is 4.90 Å². The van der Waals surface area contributed by atoms with Gasteiger partial charge in [0.2, 0.25) is 0 Å². The Morgan fingerprint density at radius 1 is 1.27 bits per heavy atom. The van der Waals surface area contributed by atoms with E-state index in [0.29, 0.717) is 11.0 Å². The summed E-state index contributed by atoms with van der Waals surface area (Å²) in [6, 6.07) is 4.11. The molecule has 1 aliphatic heterocycles. The van der Waals surface area contributed by atoms with Gasteiger partial charge in [0.15, 0.2) is 0 Å². The van der Waals surface area contributed by atoms with Gasteiger partial charge in [0.1, 0.15) is 0 Å². The van der Waals surface area contributed by atoms with E-state index in [1.54, 1.807) is 0 Å². The second kappa shape index (κ2) is 5.15. The molecular formula is C15H9F3N2O2. The fourth-order valence-corrected chi connectivity index (χ4v) is 2.13. The highest BCUT2D eigenvalue weighted by Gasteiger charge is 2.38. The lowest BCUT2D eigenvalue weighted by atomic mass is 10.1. The van der Waals surface area contributed by atoms with Gasteiger partial charge >= 0.3 is 6.18 Å². The third-order valence-electron chi connectivity index (χ3n) is 3.25. The molecular weight excluding hydrogens is 297 g/mol. The van der Waals surface area contributed by atoms with Gasteiger partial charge in [-0.3, -0.25) is 9.59 Å². The third kappa shape index (κ3) is 2.29. The number of carbonyl (C=O) groups excluding carboxylic acids is 2. The van der Waals surface area contributed by atoms with Gasteiger partial charge in [0, 0.05) is 11.1 Å². The highest BCUT2D eigenvalue weighted by molar-refractivity contribution is 6.33. The summed E-state index contributed by atoms with van der Waals surface area (Å²) in [7, 11) is 0. The summed E-state index contributed by atoms with van der Waals surface area (Å²) in [5.41, 5.74) is -1.86. The fourth-order valence-electron chi connectivity index (χ4n) is 2.13. The molecule has 0 N–H and O–H groups in total. The van der Waals surface area contributed by atoms with E-state index >= 15 is 0 Å². The molecule has 1 aromatic rings.